The van der Waals surface area contributed by atoms with Gasteiger partial charge in [0.05, 0.1) is 13.7 Å². The Morgan fingerprint density at radius 3 is 3.10 bits per heavy atom. The van der Waals surface area contributed by atoms with Crippen LogP contribution in [0.15, 0.2) is 35.1 Å². The van der Waals surface area contributed by atoms with Gasteiger partial charge < -0.3 is 10.1 Å². The number of carbonyl (C=O) groups is 1. The van der Waals surface area contributed by atoms with E-state index in [0.717, 1.165) is 10.0 Å². The molecule has 0 saturated heterocycles. The van der Waals surface area contributed by atoms with Gasteiger partial charge >= 0.3 is 0 Å². The lowest BCUT2D eigenvalue weighted by Gasteiger charge is -2.05. The zero-order chi connectivity index (χ0) is 14.4. The standard InChI is InChI=1S/C13H13BrN4O2/c1-20-11-4-3-10(14)6-9(11)2-5-13(19)15-7-12-16-8-17-18-12/h2-6,8H,7H2,1H3,(H,15,19)(H,16,17,18)/b5-2+. The predicted molar refractivity (Wildman–Crippen MR) is 78.0 cm³/mol. The molecular weight excluding hydrogens is 324 g/mol. The highest BCUT2D eigenvalue weighted by Crippen LogP contribution is 2.23. The smallest absolute Gasteiger partial charge is 0.244 e. The Balaban J connectivity index is 1.98. The number of nitrogens with one attached hydrogen (secondary N) is 2. The van der Waals surface area contributed by atoms with Crippen molar-refractivity contribution in [2.75, 3.05) is 7.11 Å². The van der Waals surface area contributed by atoms with Gasteiger partial charge in [-0.3, -0.25) is 9.89 Å². The third kappa shape index (κ3) is 3.92. The first-order valence-corrected chi connectivity index (χ1v) is 6.62. The molecule has 7 heteroatoms. The van der Waals surface area contributed by atoms with Crippen molar-refractivity contribution >= 4 is 27.9 Å². The van der Waals surface area contributed by atoms with Crippen molar-refractivity contribution in [1.29, 1.82) is 0 Å². The fourth-order valence-electron chi connectivity index (χ4n) is 1.55. The summed E-state index contributed by atoms with van der Waals surface area (Å²) in [5, 5.41) is 9.06. The van der Waals surface area contributed by atoms with E-state index in [1.54, 1.807) is 13.2 Å². The Labute approximate surface area is 124 Å². The molecule has 1 amide bonds. The van der Waals surface area contributed by atoms with E-state index in [0.29, 0.717) is 18.1 Å². The van der Waals surface area contributed by atoms with Crippen LogP contribution in [0.5, 0.6) is 5.75 Å². The van der Waals surface area contributed by atoms with E-state index in [4.69, 9.17) is 4.74 Å². The molecule has 1 aromatic carbocycles. The number of aromatic amines is 1. The Morgan fingerprint density at radius 1 is 1.55 bits per heavy atom. The van der Waals surface area contributed by atoms with Crippen LogP contribution in [0.25, 0.3) is 6.08 Å². The first-order valence-electron chi connectivity index (χ1n) is 5.82. The largest absolute Gasteiger partial charge is 0.496 e. The molecule has 0 aliphatic carbocycles. The quantitative estimate of drug-likeness (QED) is 0.817. The Hall–Kier alpha value is -2.15. The molecule has 6 nitrogen and oxygen atoms in total. The number of hydrogen-bond donors (Lipinski definition) is 2. The molecule has 20 heavy (non-hydrogen) atoms. The van der Waals surface area contributed by atoms with Crippen LogP contribution in [0.4, 0.5) is 0 Å². The first-order chi connectivity index (χ1) is 9.69. The van der Waals surface area contributed by atoms with Gasteiger partial charge in [-0.25, -0.2) is 4.98 Å². The minimum absolute atomic E-state index is 0.219. The topological polar surface area (TPSA) is 79.9 Å². The molecule has 0 bridgehead atoms. The number of H-pyrrole nitrogens is 1. The number of rotatable bonds is 5. The lowest BCUT2D eigenvalue weighted by Crippen LogP contribution is -2.20. The summed E-state index contributed by atoms with van der Waals surface area (Å²) < 4.78 is 6.14. The SMILES string of the molecule is COc1ccc(Br)cc1/C=C/C(=O)NCc1ncn[nH]1. The second-order valence-electron chi connectivity index (χ2n) is 3.87. The molecule has 0 aliphatic rings. The molecule has 0 aliphatic heterocycles. The predicted octanol–water partition coefficient (Wildman–Crippen LogP) is 1.91. The van der Waals surface area contributed by atoms with E-state index >= 15 is 0 Å². The summed E-state index contributed by atoms with van der Waals surface area (Å²) >= 11 is 3.38. The van der Waals surface area contributed by atoms with Crippen LogP contribution in [-0.4, -0.2) is 28.2 Å². The van der Waals surface area contributed by atoms with Gasteiger partial charge in [0.25, 0.3) is 0 Å². The van der Waals surface area contributed by atoms with Crippen LogP contribution in [0.2, 0.25) is 0 Å². The summed E-state index contributed by atoms with van der Waals surface area (Å²) in [6, 6.07) is 5.58. The Morgan fingerprint density at radius 2 is 2.40 bits per heavy atom. The molecule has 2 N–H and O–H groups in total. The summed E-state index contributed by atoms with van der Waals surface area (Å²) in [5.74, 6) is 1.09. The minimum Gasteiger partial charge on any atom is -0.496 e. The molecule has 1 heterocycles. The molecule has 2 rings (SSSR count). The summed E-state index contributed by atoms with van der Waals surface area (Å²) in [4.78, 5) is 15.6. The highest BCUT2D eigenvalue weighted by molar-refractivity contribution is 9.10. The molecule has 0 radical (unpaired) electrons. The maximum absolute atomic E-state index is 11.7. The average molecular weight is 337 g/mol. The molecule has 104 valence electrons. The molecule has 0 saturated carbocycles. The van der Waals surface area contributed by atoms with Gasteiger partial charge in [0.2, 0.25) is 5.91 Å². The summed E-state index contributed by atoms with van der Waals surface area (Å²) in [6.45, 7) is 0.304. The summed E-state index contributed by atoms with van der Waals surface area (Å²) in [6.07, 6.45) is 4.53. The van der Waals surface area contributed by atoms with Crippen molar-refractivity contribution in [3.63, 3.8) is 0 Å². The van der Waals surface area contributed by atoms with E-state index in [1.807, 2.05) is 18.2 Å². The first kappa shape index (κ1) is 14.3. The van der Waals surface area contributed by atoms with Gasteiger partial charge in [0.15, 0.2) is 0 Å². The Kier molecular flexibility index (Phi) is 4.89. The van der Waals surface area contributed by atoms with Gasteiger partial charge in [-0.1, -0.05) is 15.9 Å². The van der Waals surface area contributed by atoms with Crippen LogP contribution >= 0.6 is 15.9 Å². The molecule has 0 unspecified atom stereocenters. The van der Waals surface area contributed by atoms with Crippen molar-refractivity contribution in [1.82, 2.24) is 20.5 Å². The number of nitrogens with zero attached hydrogens (tertiary/aromatic N) is 2. The normalized spacial score (nSPS) is 10.7. The number of methoxy groups -OCH3 is 1. The third-order valence-corrected chi connectivity index (χ3v) is 2.99. The maximum atomic E-state index is 11.7. The van der Waals surface area contributed by atoms with E-state index < -0.39 is 0 Å². The van der Waals surface area contributed by atoms with Crippen molar-refractivity contribution < 1.29 is 9.53 Å². The van der Waals surface area contributed by atoms with E-state index in [1.165, 1.54) is 12.4 Å². The second kappa shape index (κ2) is 6.85. The minimum atomic E-state index is -0.219. The van der Waals surface area contributed by atoms with Gasteiger partial charge in [0.1, 0.15) is 17.9 Å². The van der Waals surface area contributed by atoms with Crippen LogP contribution in [0, 0.1) is 0 Å². The van der Waals surface area contributed by atoms with Crippen molar-refractivity contribution in [2.45, 2.75) is 6.54 Å². The number of ether oxygens (including phenoxy) is 1. The second-order valence-corrected chi connectivity index (χ2v) is 4.79. The number of carbonyl (C=O) groups excluding carboxylic acids is 1. The zero-order valence-corrected chi connectivity index (χ0v) is 12.3. The Bertz CT molecular complexity index is 611. The summed E-state index contributed by atoms with van der Waals surface area (Å²) in [7, 11) is 1.59. The van der Waals surface area contributed by atoms with Gasteiger partial charge in [-0.15, -0.1) is 0 Å². The van der Waals surface area contributed by atoms with Crippen molar-refractivity contribution in [3.05, 3.63) is 46.5 Å². The number of aromatic nitrogens is 3. The molecule has 0 fully saturated rings. The molecular formula is C13H13BrN4O2. The fraction of sp³-hybridized carbons (Fsp3) is 0.154. The van der Waals surface area contributed by atoms with Crippen molar-refractivity contribution in [3.8, 4) is 5.75 Å². The number of amides is 1. The van der Waals surface area contributed by atoms with Crippen LogP contribution in [0.1, 0.15) is 11.4 Å². The monoisotopic (exact) mass is 336 g/mol. The van der Waals surface area contributed by atoms with E-state index in [-0.39, 0.29) is 5.91 Å². The number of halogens is 1. The fourth-order valence-corrected chi connectivity index (χ4v) is 1.93. The van der Waals surface area contributed by atoms with Gasteiger partial charge in [-0.05, 0) is 24.3 Å². The number of hydrogen-bond acceptors (Lipinski definition) is 4. The third-order valence-electron chi connectivity index (χ3n) is 2.50. The zero-order valence-electron chi connectivity index (χ0n) is 10.8. The highest BCUT2D eigenvalue weighted by Gasteiger charge is 2.02. The van der Waals surface area contributed by atoms with Crippen molar-refractivity contribution in [2.24, 2.45) is 0 Å². The van der Waals surface area contributed by atoms with E-state index in [9.17, 15) is 4.79 Å². The van der Waals surface area contributed by atoms with Gasteiger partial charge in [0, 0.05) is 16.1 Å². The molecule has 1 aromatic heterocycles. The van der Waals surface area contributed by atoms with Gasteiger partial charge in [-0.2, -0.15) is 5.10 Å². The maximum Gasteiger partial charge on any atom is 0.244 e. The number of benzene rings is 1. The average Bonchev–Trinajstić information content (AvgIpc) is 2.96. The lowest BCUT2D eigenvalue weighted by atomic mass is 10.2. The lowest BCUT2D eigenvalue weighted by molar-refractivity contribution is -0.116. The van der Waals surface area contributed by atoms with Crippen LogP contribution in [-0.2, 0) is 11.3 Å². The van der Waals surface area contributed by atoms with E-state index in [2.05, 4.69) is 36.4 Å². The van der Waals surface area contributed by atoms with Crippen LogP contribution in [0.3, 0.4) is 0 Å². The highest BCUT2D eigenvalue weighted by atomic mass is 79.9. The molecule has 0 atom stereocenters. The van der Waals surface area contributed by atoms with Crippen LogP contribution < -0.4 is 10.1 Å². The molecule has 2 aromatic rings. The molecule has 0 spiro atoms. The summed E-state index contributed by atoms with van der Waals surface area (Å²) in [5.41, 5.74) is 0.816.